The predicted octanol–water partition coefficient (Wildman–Crippen LogP) is 3.15. The Hall–Kier alpha value is -1.02. The van der Waals surface area contributed by atoms with E-state index in [0.717, 1.165) is 13.1 Å². The molecule has 94 valence electrons. The van der Waals surface area contributed by atoms with E-state index in [1.54, 1.807) is 0 Å². The monoisotopic (exact) mass is 232 g/mol. The first-order chi connectivity index (χ1) is 8.05. The Morgan fingerprint density at radius 2 is 1.88 bits per heavy atom. The van der Waals surface area contributed by atoms with Gasteiger partial charge < -0.3 is 10.6 Å². The van der Waals surface area contributed by atoms with Crippen molar-refractivity contribution in [1.82, 2.24) is 5.32 Å². The van der Waals surface area contributed by atoms with Crippen LogP contribution in [0.3, 0.4) is 0 Å². The van der Waals surface area contributed by atoms with Crippen molar-refractivity contribution in [1.29, 1.82) is 0 Å². The van der Waals surface area contributed by atoms with E-state index >= 15 is 0 Å². The first-order valence-corrected chi connectivity index (χ1v) is 6.63. The number of rotatable bonds is 2. The summed E-state index contributed by atoms with van der Waals surface area (Å²) in [5.74, 6) is 0. The molecule has 1 saturated heterocycles. The van der Waals surface area contributed by atoms with Crippen molar-refractivity contribution in [3.63, 3.8) is 0 Å². The lowest BCUT2D eigenvalue weighted by Crippen LogP contribution is -2.35. The third kappa shape index (κ3) is 3.47. The van der Waals surface area contributed by atoms with Crippen LogP contribution in [0.1, 0.15) is 39.2 Å². The van der Waals surface area contributed by atoms with Crippen molar-refractivity contribution >= 4 is 5.69 Å². The summed E-state index contributed by atoms with van der Waals surface area (Å²) >= 11 is 0. The fourth-order valence-electron chi connectivity index (χ4n) is 2.28. The van der Waals surface area contributed by atoms with Crippen molar-refractivity contribution in [2.75, 3.05) is 18.4 Å². The van der Waals surface area contributed by atoms with Gasteiger partial charge in [-0.25, -0.2) is 0 Å². The highest BCUT2D eigenvalue weighted by molar-refractivity contribution is 5.48. The normalized spacial score (nSPS) is 18.1. The fraction of sp³-hybridized carbons (Fsp3) is 0.600. The largest absolute Gasteiger partial charge is 0.382 e. The number of anilines is 1. The minimum Gasteiger partial charge on any atom is -0.382 e. The molecule has 0 unspecified atom stereocenters. The van der Waals surface area contributed by atoms with E-state index in [0.29, 0.717) is 6.04 Å². The van der Waals surface area contributed by atoms with E-state index in [-0.39, 0.29) is 5.41 Å². The zero-order chi connectivity index (χ0) is 12.3. The maximum absolute atomic E-state index is 3.65. The van der Waals surface area contributed by atoms with Gasteiger partial charge in [-0.3, -0.25) is 0 Å². The van der Waals surface area contributed by atoms with Crippen LogP contribution in [0.4, 0.5) is 5.69 Å². The molecular formula is C15H24N2. The van der Waals surface area contributed by atoms with Crippen LogP contribution < -0.4 is 10.6 Å². The van der Waals surface area contributed by atoms with E-state index in [1.807, 2.05) is 0 Å². The molecule has 1 aromatic rings. The summed E-state index contributed by atoms with van der Waals surface area (Å²) in [6, 6.07) is 9.48. The SMILES string of the molecule is CC(C)(C)c1cccc(NC2CCNCC2)c1. The third-order valence-electron chi connectivity index (χ3n) is 3.44. The lowest BCUT2D eigenvalue weighted by atomic mass is 9.87. The highest BCUT2D eigenvalue weighted by Crippen LogP contribution is 2.25. The van der Waals surface area contributed by atoms with Gasteiger partial charge in [-0.15, -0.1) is 0 Å². The molecule has 17 heavy (non-hydrogen) atoms. The summed E-state index contributed by atoms with van der Waals surface area (Å²) in [6.07, 6.45) is 2.44. The van der Waals surface area contributed by atoms with Crippen LogP contribution in [0.2, 0.25) is 0 Å². The Morgan fingerprint density at radius 3 is 2.53 bits per heavy atom. The van der Waals surface area contributed by atoms with Crippen molar-refractivity contribution in [2.24, 2.45) is 0 Å². The average molecular weight is 232 g/mol. The summed E-state index contributed by atoms with van der Waals surface area (Å²) < 4.78 is 0. The topological polar surface area (TPSA) is 24.1 Å². The Morgan fingerprint density at radius 1 is 1.18 bits per heavy atom. The van der Waals surface area contributed by atoms with Crippen LogP contribution >= 0.6 is 0 Å². The summed E-state index contributed by atoms with van der Waals surface area (Å²) in [6.45, 7) is 9.05. The molecule has 0 aliphatic carbocycles. The Kier molecular flexibility index (Phi) is 3.72. The van der Waals surface area contributed by atoms with Gasteiger partial charge >= 0.3 is 0 Å². The van der Waals surface area contributed by atoms with Crippen molar-refractivity contribution in [3.8, 4) is 0 Å². The molecule has 1 fully saturated rings. The van der Waals surface area contributed by atoms with Gasteiger partial charge in [-0.1, -0.05) is 32.9 Å². The second-order valence-corrected chi connectivity index (χ2v) is 6.00. The van der Waals surface area contributed by atoms with Crippen LogP contribution in [0.15, 0.2) is 24.3 Å². The van der Waals surface area contributed by atoms with E-state index in [2.05, 4.69) is 55.7 Å². The average Bonchev–Trinajstić information content (AvgIpc) is 2.29. The van der Waals surface area contributed by atoms with Gasteiger partial charge in [0.2, 0.25) is 0 Å². The van der Waals surface area contributed by atoms with Crippen LogP contribution in [-0.2, 0) is 5.41 Å². The minimum absolute atomic E-state index is 0.228. The predicted molar refractivity (Wildman–Crippen MR) is 74.7 cm³/mol. The molecule has 2 rings (SSSR count). The molecule has 2 N–H and O–H groups in total. The number of hydrogen-bond acceptors (Lipinski definition) is 2. The minimum atomic E-state index is 0.228. The number of piperidine rings is 1. The molecule has 1 heterocycles. The van der Waals surface area contributed by atoms with Gasteiger partial charge in [0.05, 0.1) is 0 Å². The van der Waals surface area contributed by atoms with E-state index in [4.69, 9.17) is 0 Å². The van der Waals surface area contributed by atoms with Crippen molar-refractivity contribution in [3.05, 3.63) is 29.8 Å². The zero-order valence-corrected chi connectivity index (χ0v) is 11.2. The van der Waals surface area contributed by atoms with Gasteiger partial charge in [0.25, 0.3) is 0 Å². The zero-order valence-electron chi connectivity index (χ0n) is 11.2. The highest BCUT2D eigenvalue weighted by atomic mass is 15.0. The van der Waals surface area contributed by atoms with Gasteiger partial charge in [-0.05, 0) is 49.0 Å². The van der Waals surface area contributed by atoms with Crippen LogP contribution in [-0.4, -0.2) is 19.1 Å². The third-order valence-corrected chi connectivity index (χ3v) is 3.44. The van der Waals surface area contributed by atoms with Crippen LogP contribution in [0.25, 0.3) is 0 Å². The van der Waals surface area contributed by atoms with Gasteiger partial charge in [0.15, 0.2) is 0 Å². The smallest absolute Gasteiger partial charge is 0.0345 e. The molecule has 1 aliphatic heterocycles. The molecule has 2 nitrogen and oxygen atoms in total. The lowest BCUT2D eigenvalue weighted by Gasteiger charge is -2.26. The van der Waals surface area contributed by atoms with Crippen LogP contribution in [0, 0.1) is 0 Å². The second kappa shape index (κ2) is 5.09. The maximum atomic E-state index is 3.65. The van der Waals surface area contributed by atoms with E-state index in [1.165, 1.54) is 24.1 Å². The maximum Gasteiger partial charge on any atom is 0.0345 e. The second-order valence-electron chi connectivity index (χ2n) is 6.00. The quantitative estimate of drug-likeness (QED) is 0.818. The molecule has 0 atom stereocenters. The first-order valence-electron chi connectivity index (χ1n) is 6.63. The van der Waals surface area contributed by atoms with Gasteiger partial charge in [-0.2, -0.15) is 0 Å². The Bertz CT molecular complexity index is 359. The standard InChI is InChI=1S/C15H24N2/c1-15(2,3)12-5-4-6-14(11-12)17-13-7-9-16-10-8-13/h4-6,11,13,16-17H,7-10H2,1-3H3. The number of benzene rings is 1. The molecule has 0 aromatic heterocycles. The van der Waals surface area contributed by atoms with E-state index < -0.39 is 0 Å². The lowest BCUT2D eigenvalue weighted by molar-refractivity contribution is 0.479. The summed E-state index contributed by atoms with van der Waals surface area (Å²) in [7, 11) is 0. The Balaban J connectivity index is 2.05. The molecule has 0 saturated carbocycles. The van der Waals surface area contributed by atoms with Crippen molar-refractivity contribution in [2.45, 2.75) is 45.1 Å². The van der Waals surface area contributed by atoms with Crippen LogP contribution in [0.5, 0.6) is 0 Å². The molecule has 1 aromatic carbocycles. The molecule has 0 bridgehead atoms. The fourth-order valence-corrected chi connectivity index (χ4v) is 2.28. The molecule has 0 spiro atoms. The molecule has 1 aliphatic rings. The number of hydrogen-bond donors (Lipinski definition) is 2. The summed E-state index contributed by atoms with van der Waals surface area (Å²) in [4.78, 5) is 0. The molecule has 2 heteroatoms. The van der Waals surface area contributed by atoms with Gasteiger partial charge in [0, 0.05) is 11.7 Å². The molecular weight excluding hydrogens is 208 g/mol. The van der Waals surface area contributed by atoms with E-state index in [9.17, 15) is 0 Å². The Labute approximate surface area is 105 Å². The van der Waals surface area contributed by atoms with Gasteiger partial charge in [0.1, 0.15) is 0 Å². The molecule has 0 radical (unpaired) electrons. The summed E-state index contributed by atoms with van der Waals surface area (Å²) in [5.41, 5.74) is 2.90. The van der Waals surface area contributed by atoms with Crippen molar-refractivity contribution < 1.29 is 0 Å². The summed E-state index contributed by atoms with van der Waals surface area (Å²) in [5, 5.41) is 7.05. The molecule has 0 amide bonds. The highest BCUT2D eigenvalue weighted by Gasteiger charge is 2.15. The number of nitrogens with one attached hydrogen (secondary N) is 2. The first kappa shape index (κ1) is 12.4.